The normalized spacial score (nSPS) is 21.5. The molecular formula is C46H67N17O17. The number of nitrogens with two attached hydrogens (primary N) is 1. The summed E-state index contributed by atoms with van der Waals surface area (Å²) in [5.41, 5.74) is 28.6. The van der Waals surface area contributed by atoms with E-state index in [-0.39, 0.29) is 70.7 Å². The van der Waals surface area contributed by atoms with Crippen LogP contribution >= 0.6 is 0 Å². The molecule has 3 aliphatic rings. The van der Waals surface area contributed by atoms with E-state index in [2.05, 4.69) is 57.3 Å². The summed E-state index contributed by atoms with van der Waals surface area (Å²) < 4.78 is 30.6. The SMILES string of the molecule is CCCCN.CCCCNC(=O)CCC(=O)OC[C@H]1O[C@@H](n2cc(C)c(=O)[nH]c2=O)C[C@H]1N=[N+]=[N-].Cc1cn([C@H]2C[C@@H](N=[N+]=[N-])[C@@H](CO)O2)c(=O)[nH]c1=O.Cc1cn([C@H]2C[C@@H](N=[N+]=[N-])[C@@H](COC(=O)CCC(=O)O)O2)c(=O)[nH]c1=O. The fourth-order valence-corrected chi connectivity index (χ4v) is 7.70. The Hall–Kier alpha value is -8.35. The molecule has 3 saturated heterocycles. The second-order valence-corrected chi connectivity index (χ2v) is 18.1. The first kappa shape index (κ1) is 65.9. The average Bonchev–Trinajstić information content (AvgIpc) is 4.25. The van der Waals surface area contributed by atoms with Crippen molar-refractivity contribution in [2.45, 2.75) is 160 Å². The molecule has 0 spiro atoms. The summed E-state index contributed by atoms with van der Waals surface area (Å²) in [4.78, 5) is 130. The van der Waals surface area contributed by atoms with E-state index in [4.69, 9.17) is 56.2 Å². The maximum Gasteiger partial charge on any atom is 0.330 e. The molecule has 0 saturated carbocycles. The highest BCUT2D eigenvalue weighted by Gasteiger charge is 2.39. The predicted molar refractivity (Wildman–Crippen MR) is 280 cm³/mol. The zero-order chi connectivity index (χ0) is 59.5. The topological polar surface area (TPSA) is 504 Å². The van der Waals surface area contributed by atoms with Crippen LogP contribution in [0.5, 0.6) is 0 Å². The first-order valence-electron chi connectivity index (χ1n) is 25.3. The van der Waals surface area contributed by atoms with Crippen molar-refractivity contribution in [3.05, 3.63) is 129 Å². The fraction of sp³-hybridized carbons (Fsp3) is 0.652. The van der Waals surface area contributed by atoms with Gasteiger partial charge in [0.25, 0.3) is 16.7 Å². The second-order valence-electron chi connectivity index (χ2n) is 18.1. The molecule has 0 radical (unpaired) electrons. The number of carboxylic acids is 1. The smallest absolute Gasteiger partial charge is 0.330 e. The summed E-state index contributed by atoms with van der Waals surface area (Å²) in [7, 11) is 0. The van der Waals surface area contributed by atoms with Gasteiger partial charge in [-0.2, -0.15) is 0 Å². The van der Waals surface area contributed by atoms with Gasteiger partial charge in [-0.25, -0.2) is 14.4 Å². The number of carboxylic acid groups (broad SMARTS) is 1. The number of amides is 1. The molecule has 3 aliphatic heterocycles. The van der Waals surface area contributed by atoms with Gasteiger partial charge in [0.2, 0.25) is 5.91 Å². The summed E-state index contributed by atoms with van der Waals surface area (Å²) in [5.74, 6) is -2.66. The van der Waals surface area contributed by atoms with Crippen LogP contribution in [0.15, 0.2) is 62.7 Å². The molecule has 0 bridgehead atoms. The van der Waals surface area contributed by atoms with E-state index in [0.29, 0.717) is 23.2 Å². The summed E-state index contributed by atoms with van der Waals surface area (Å²) in [6.45, 7) is 9.45. The van der Waals surface area contributed by atoms with Gasteiger partial charge in [-0.05, 0) is 56.8 Å². The number of carbonyl (C=O) groups excluding carboxylic acids is 3. The number of unbranched alkanes of at least 4 members (excludes halogenated alkanes) is 2. The monoisotopic (exact) mass is 1130 g/mol. The fourth-order valence-electron chi connectivity index (χ4n) is 7.70. The van der Waals surface area contributed by atoms with E-state index in [1.165, 1.54) is 52.1 Å². The lowest BCUT2D eigenvalue weighted by atomic mass is 10.1. The van der Waals surface area contributed by atoms with Gasteiger partial charge < -0.3 is 44.9 Å². The van der Waals surface area contributed by atoms with Gasteiger partial charge in [0, 0.05) is 82.2 Å². The largest absolute Gasteiger partial charge is 0.481 e. The van der Waals surface area contributed by atoms with Crippen molar-refractivity contribution in [1.29, 1.82) is 0 Å². The molecule has 34 nitrogen and oxygen atoms in total. The van der Waals surface area contributed by atoms with Gasteiger partial charge in [-0.3, -0.25) is 62.2 Å². The number of esters is 2. The van der Waals surface area contributed by atoms with Gasteiger partial charge in [-0.15, -0.1) is 0 Å². The number of aliphatic hydroxyl groups excluding tert-OH is 1. The van der Waals surface area contributed by atoms with E-state index in [0.717, 1.165) is 19.4 Å². The van der Waals surface area contributed by atoms with Crippen molar-refractivity contribution in [3.63, 3.8) is 0 Å². The number of hydrogen-bond donors (Lipinski definition) is 7. The van der Waals surface area contributed by atoms with E-state index >= 15 is 0 Å². The minimum absolute atomic E-state index is 0.0164. The Kier molecular flexibility index (Phi) is 27.9. The number of carbonyl (C=O) groups is 4. The number of azide groups is 3. The molecule has 0 aliphatic carbocycles. The quantitative estimate of drug-likeness (QED) is 0.0248. The molecule has 6 rings (SSSR count). The van der Waals surface area contributed by atoms with Gasteiger partial charge in [0.1, 0.15) is 44.1 Å². The Bertz CT molecular complexity index is 3090. The Morgan fingerprint density at radius 1 is 0.637 bits per heavy atom. The van der Waals surface area contributed by atoms with Gasteiger partial charge in [-0.1, -0.05) is 42.0 Å². The molecule has 6 heterocycles. The summed E-state index contributed by atoms with van der Waals surface area (Å²) in [5, 5.41) is 31.2. The van der Waals surface area contributed by atoms with Crippen molar-refractivity contribution in [3.8, 4) is 0 Å². The Labute approximate surface area is 453 Å². The molecule has 3 fully saturated rings. The van der Waals surface area contributed by atoms with Crippen LogP contribution in [-0.2, 0) is 42.9 Å². The van der Waals surface area contributed by atoms with E-state index in [9.17, 15) is 47.9 Å². The molecule has 0 unspecified atom stereocenters. The molecular weight excluding hydrogens is 1060 g/mol. The van der Waals surface area contributed by atoms with E-state index in [1.807, 2.05) is 6.92 Å². The molecule has 9 atom stereocenters. The van der Waals surface area contributed by atoms with Gasteiger partial charge in [0.05, 0.1) is 50.1 Å². The number of aliphatic carboxylic acids is 1. The summed E-state index contributed by atoms with van der Waals surface area (Å²) in [6, 6.07) is -1.90. The maximum absolute atomic E-state index is 12.1. The number of nitrogens with zero attached hydrogens (tertiary/aromatic N) is 12. The Balaban J connectivity index is 0.000000308. The van der Waals surface area contributed by atoms with Crippen molar-refractivity contribution in [2.75, 3.05) is 32.9 Å². The van der Waals surface area contributed by atoms with Crippen molar-refractivity contribution >= 4 is 23.8 Å². The number of nitrogens with one attached hydrogen (secondary N) is 4. The standard InChI is InChI=1S/C18H26N6O6.C14H17N5O7.C10H13N5O4.C4H11N/c1-3-4-7-20-14(25)5-6-16(26)29-10-13-12(22-23-19)8-15(30-13)24-9-11(2)17(27)21-18(24)28;1-7-5-19(14(24)16-13(7)23)10-4-8(17-18-15)9(26-10)6-25-12(22)3-2-11(20)21;1-5-3-15(10(18)12-9(5)17)8-2-6(13-14-11)7(4-16)19-8;1-2-3-4-5/h9,12-13,15H,3-8,10H2,1-2H3,(H,20,25)(H,21,27,28);5,8-10H,2-4,6H2,1H3,(H,20,21)(H,16,23,24);3,6-8,16H,2,4H2,1H3,(H,12,17,18);2-5H2,1H3/t12-,13-,15-;8-,9-,10-;6-,7-,8-;/m111./s1. The third-order valence-corrected chi connectivity index (χ3v) is 12.1. The number of aryl methyl sites for hydroxylation is 3. The van der Waals surface area contributed by atoms with E-state index < -0.39 is 107 Å². The zero-order valence-corrected chi connectivity index (χ0v) is 44.7. The van der Waals surface area contributed by atoms with Crippen molar-refractivity contribution in [1.82, 2.24) is 34.0 Å². The lowest BCUT2D eigenvalue weighted by Gasteiger charge is -2.16. The maximum atomic E-state index is 12.1. The first-order valence-corrected chi connectivity index (χ1v) is 25.3. The minimum Gasteiger partial charge on any atom is -0.481 e. The van der Waals surface area contributed by atoms with Crippen molar-refractivity contribution in [2.24, 2.45) is 21.1 Å². The number of rotatable bonds is 22. The minimum atomic E-state index is -1.13. The molecule has 438 valence electrons. The predicted octanol–water partition coefficient (Wildman–Crippen LogP) is 1.82. The highest BCUT2D eigenvalue weighted by atomic mass is 16.6. The molecule has 3 aromatic heterocycles. The third-order valence-electron chi connectivity index (χ3n) is 12.1. The number of aliphatic hydroxyl groups is 1. The lowest BCUT2D eigenvalue weighted by molar-refractivity contribution is -0.151. The molecule has 8 N–H and O–H groups in total. The number of H-pyrrole nitrogens is 3. The van der Waals surface area contributed by atoms with Crippen LogP contribution in [0.2, 0.25) is 0 Å². The van der Waals surface area contributed by atoms with Crippen LogP contribution in [0, 0.1) is 20.8 Å². The lowest BCUT2D eigenvalue weighted by Crippen LogP contribution is -2.33. The number of aromatic amines is 3. The average molecular weight is 1130 g/mol. The van der Waals surface area contributed by atoms with Crippen LogP contribution in [0.3, 0.4) is 0 Å². The molecule has 80 heavy (non-hydrogen) atoms. The van der Waals surface area contributed by atoms with Gasteiger partial charge >= 0.3 is 35.0 Å². The van der Waals surface area contributed by atoms with E-state index in [1.54, 1.807) is 13.8 Å². The molecule has 3 aromatic rings. The van der Waals surface area contributed by atoms with Gasteiger partial charge in [0.15, 0.2) is 0 Å². The Morgan fingerprint density at radius 2 is 1.00 bits per heavy atom. The van der Waals surface area contributed by atoms with Crippen molar-refractivity contribution < 1.29 is 53.1 Å². The highest BCUT2D eigenvalue weighted by Crippen LogP contribution is 2.32. The van der Waals surface area contributed by atoms with Crippen LogP contribution in [-0.4, -0.2) is 132 Å². The summed E-state index contributed by atoms with van der Waals surface area (Å²) in [6.07, 6.45) is 3.69. The number of hydrogen-bond acceptors (Lipinski definition) is 20. The van der Waals surface area contributed by atoms with Crippen LogP contribution in [0.4, 0.5) is 0 Å². The summed E-state index contributed by atoms with van der Waals surface area (Å²) >= 11 is 0. The molecule has 1 amide bonds. The van der Waals surface area contributed by atoms with Crippen LogP contribution in [0.1, 0.15) is 120 Å². The Morgan fingerprint density at radius 3 is 1.32 bits per heavy atom. The molecule has 34 heteroatoms. The third kappa shape index (κ3) is 20.8. The number of ether oxygens (including phenoxy) is 5. The van der Waals surface area contributed by atoms with Crippen LogP contribution in [0.25, 0.3) is 31.3 Å². The molecule has 0 aromatic carbocycles. The zero-order valence-electron chi connectivity index (χ0n) is 44.7. The first-order chi connectivity index (χ1) is 38.1. The highest BCUT2D eigenvalue weighted by molar-refractivity contribution is 5.81. The second kappa shape index (κ2) is 33.8. The number of aromatic nitrogens is 6. The van der Waals surface area contributed by atoms with Crippen LogP contribution < -0.4 is 44.8 Å².